The Morgan fingerprint density at radius 1 is 1.06 bits per heavy atom. The summed E-state index contributed by atoms with van der Waals surface area (Å²) in [6, 6.07) is 9.57. The Morgan fingerprint density at radius 3 is 2.53 bits per heavy atom. The lowest BCUT2D eigenvalue weighted by molar-refractivity contribution is -0.387. The minimum absolute atomic E-state index is 0.0122. The van der Waals surface area contributed by atoms with E-state index in [4.69, 9.17) is 4.74 Å². The van der Waals surface area contributed by atoms with Gasteiger partial charge in [0.15, 0.2) is 6.61 Å². The monoisotopic (exact) mass is 478 g/mol. The molecule has 13 heteroatoms. The highest BCUT2D eigenvalue weighted by Gasteiger charge is 2.30. The third kappa shape index (κ3) is 6.03. The van der Waals surface area contributed by atoms with Gasteiger partial charge in [0.2, 0.25) is 5.82 Å². The SMILES string of the molecule is O=C(COC(=O)c1cccnc1Nc1cccc(C(F)(F)F)c1)Nc1ccc(F)c([N+](=O)[O-])c1. The molecule has 0 saturated heterocycles. The molecule has 0 aliphatic heterocycles. The Kier molecular flexibility index (Phi) is 7.04. The van der Waals surface area contributed by atoms with E-state index >= 15 is 0 Å². The van der Waals surface area contributed by atoms with Gasteiger partial charge in [-0.15, -0.1) is 0 Å². The van der Waals surface area contributed by atoms with Gasteiger partial charge >= 0.3 is 17.8 Å². The van der Waals surface area contributed by atoms with Gasteiger partial charge in [-0.2, -0.15) is 17.6 Å². The van der Waals surface area contributed by atoms with E-state index in [2.05, 4.69) is 15.6 Å². The van der Waals surface area contributed by atoms with Crippen molar-refractivity contribution in [3.05, 3.63) is 87.9 Å². The van der Waals surface area contributed by atoms with E-state index in [-0.39, 0.29) is 22.8 Å². The van der Waals surface area contributed by atoms with Crippen molar-refractivity contribution in [3.8, 4) is 0 Å². The summed E-state index contributed by atoms with van der Waals surface area (Å²) < 4.78 is 57.0. The topological polar surface area (TPSA) is 123 Å². The van der Waals surface area contributed by atoms with Crippen molar-refractivity contribution in [2.45, 2.75) is 6.18 Å². The van der Waals surface area contributed by atoms with Crippen LogP contribution in [-0.4, -0.2) is 28.4 Å². The van der Waals surface area contributed by atoms with E-state index in [1.54, 1.807) is 0 Å². The van der Waals surface area contributed by atoms with Crippen molar-refractivity contribution in [1.82, 2.24) is 4.98 Å². The highest BCUT2D eigenvalue weighted by Crippen LogP contribution is 2.31. The molecule has 3 rings (SSSR count). The zero-order valence-corrected chi connectivity index (χ0v) is 16.9. The van der Waals surface area contributed by atoms with E-state index in [1.165, 1.54) is 30.5 Å². The summed E-state index contributed by atoms with van der Waals surface area (Å²) in [5, 5.41) is 15.6. The fraction of sp³-hybridized carbons (Fsp3) is 0.0952. The third-order valence-corrected chi connectivity index (χ3v) is 4.24. The molecular weight excluding hydrogens is 464 g/mol. The highest BCUT2D eigenvalue weighted by molar-refractivity contribution is 5.98. The molecule has 0 radical (unpaired) electrons. The van der Waals surface area contributed by atoms with E-state index in [1.807, 2.05) is 0 Å². The second-order valence-electron chi connectivity index (χ2n) is 6.65. The van der Waals surface area contributed by atoms with Gasteiger partial charge in [-0.25, -0.2) is 9.78 Å². The van der Waals surface area contributed by atoms with Gasteiger partial charge in [-0.05, 0) is 42.5 Å². The normalized spacial score (nSPS) is 10.9. The zero-order chi connectivity index (χ0) is 24.9. The molecule has 0 atom stereocenters. The maximum Gasteiger partial charge on any atom is 0.416 e. The van der Waals surface area contributed by atoms with Crippen molar-refractivity contribution in [3.63, 3.8) is 0 Å². The smallest absolute Gasteiger partial charge is 0.416 e. The second kappa shape index (κ2) is 9.94. The van der Waals surface area contributed by atoms with Crippen LogP contribution in [0.4, 0.5) is 40.4 Å². The predicted molar refractivity (Wildman–Crippen MR) is 111 cm³/mol. The summed E-state index contributed by atoms with van der Waals surface area (Å²) in [5.41, 5.74) is -2.00. The van der Waals surface area contributed by atoms with Crippen molar-refractivity contribution >= 4 is 34.8 Å². The lowest BCUT2D eigenvalue weighted by atomic mass is 10.2. The van der Waals surface area contributed by atoms with Gasteiger partial charge in [0, 0.05) is 23.6 Å². The molecule has 0 fully saturated rings. The quantitative estimate of drug-likeness (QED) is 0.219. The number of hydrogen-bond donors (Lipinski definition) is 2. The van der Waals surface area contributed by atoms with E-state index in [0.717, 1.165) is 30.3 Å². The Morgan fingerprint density at radius 2 is 1.82 bits per heavy atom. The first-order chi connectivity index (χ1) is 16.0. The van der Waals surface area contributed by atoms with Gasteiger partial charge in [-0.1, -0.05) is 6.07 Å². The highest BCUT2D eigenvalue weighted by atomic mass is 19.4. The number of rotatable bonds is 7. The number of nitro benzene ring substituents is 1. The third-order valence-electron chi connectivity index (χ3n) is 4.24. The average molecular weight is 478 g/mol. The molecule has 0 spiro atoms. The van der Waals surface area contributed by atoms with Crippen molar-refractivity contribution < 1.29 is 36.8 Å². The van der Waals surface area contributed by atoms with E-state index < -0.39 is 46.7 Å². The number of aromatic nitrogens is 1. The molecule has 0 aliphatic carbocycles. The number of esters is 1. The maximum atomic E-state index is 13.4. The molecule has 1 heterocycles. The second-order valence-corrected chi connectivity index (χ2v) is 6.65. The lowest BCUT2D eigenvalue weighted by Crippen LogP contribution is -2.21. The Balaban J connectivity index is 1.67. The van der Waals surface area contributed by atoms with Crippen LogP contribution in [0.1, 0.15) is 15.9 Å². The number of hydrogen-bond acceptors (Lipinski definition) is 7. The molecule has 0 aliphatic rings. The molecular formula is C21H14F4N4O5. The molecule has 34 heavy (non-hydrogen) atoms. The number of halogens is 4. The number of benzene rings is 2. The summed E-state index contributed by atoms with van der Waals surface area (Å²) in [5.74, 6) is -3.08. The van der Waals surface area contributed by atoms with Gasteiger partial charge in [0.1, 0.15) is 11.4 Å². The number of nitrogens with zero attached hydrogens (tertiary/aromatic N) is 2. The maximum absolute atomic E-state index is 13.4. The van der Waals surface area contributed by atoms with Crippen LogP contribution in [0.15, 0.2) is 60.8 Å². The first-order valence-corrected chi connectivity index (χ1v) is 9.35. The van der Waals surface area contributed by atoms with Crippen LogP contribution >= 0.6 is 0 Å². The Bertz CT molecular complexity index is 1250. The van der Waals surface area contributed by atoms with Crippen LogP contribution in [-0.2, 0) is 15.7 Å². The number of ether oxygens (including phenoxy) is 1. The molecule has 2 N–H and O–H groups in total. The van der Waals surface area contributed by atoms with Crippen LogP contribution in [0.2, 0.25) is 0 Å². The molecule has 9 nitrogen and oxygen atoms in total. The molecule has 3 aromatic rings. The largest absolute Gasteiger partial charge is 0.452 e. The summed E-state index contributed by atoms with van der Waals surface area (Å²) in [6.07, 6.45) is -3.28. The molecule has 2 aromatic carbocycles. The fourth-order valence-electron chi connectivity index (χ4n) is 2.72. The summed E-state index contributed by atoms with van der Waals surface area (Å²) in [6.45, 7) is -0.804. The molecule has 176 valence electrons. The van der Waals surface area contributed by atoms with E-state index in [9.17, 15) is 37.3 Å². The molecule has 0 saturated carbocycles. The van der Waals surface area contributed by atoms with Crippen LogP contribution in [0.5, 0.6) is 0 Å². The van der Waals surface area contributed by atoms with Crippen LogP contribution in [0, 0.1) is 15.9 Å². The molecule has 1 amide bonds. The van der Waals surface area contributed by atoms with Gasteiger partial charge in [0.25, 0.3) is 5.91 Å². The lowest BCUT2D eigenvalue weighted by Gasteiger charge is -2.13. The zero-order valence-electron chi connectivity index (χ0n) is 16.9. The number of nitro groups is 1. The number of nitrogens with one attached hydrogen (secondary N) is 2. The van der Waals surface area contributed by atoms with Crippen LogP contribution < -0.4 is 10.6 Å². The molecule has 1 aromatic heterocycles. The average Bonchev–Trinajstić information content (AvgIpc) is 2.78. The number of alkyl halides is 3. The Labute approximate surface area is 188 Å². The van der Waals surface area contributed by atoms with Gasteiger partial charge in [0.05, 0.1) is 10.5 Å². The van der Waals surface area contributed by atoms with Gasteiger partial charge < -0.3 is 15.4 Å². The first-order valence-electron chi connectivity index (χ1n) is 9.35. The number of pyridine rings is 1. The number of anilines is 3. The number of carbonyl (C=O) groups excluding carboxylic acids is 2. The van der Waals surface area contributed by atoms with Crippen molar-refractivity contribution in [2.24, 2.45) is 0 Å². The minimum atomic E-state index is -4.57. The summed E-state index contributed by atoms with van der Waals surface area (Å²) in [4.78, 5) is 38.2. The Hall–Kier alpha value is -4.55. The minimum Gasteiger partial charge on any atom is -0.452 e. The van der Waals surface area contributed by atoms with Crippen LogP contribution in [0.25, 0.3) is 0 Å². The van der Waals surface area contributed by atoms with E-state index in [0.29, 0.717) is 0 Å². The van der Waals surface area contributed by atoms with Crippen molar-refractivity contribution in [2.75, 3.05) is 17.2 Å². The van der Waals surface area contributed by atoms with Gasteiger partial charge in [-0.3, -0.25) is 14.9 Å². The summed E-state index contributed by atoms with van der Waals surface area (Å²) >= 11 is 0. The molecule has 0 unspecified atom stereocenters. The first kappa shape index (κ1) is 24.1. The number of carbonyl (C=O) groups is 2. The predicted octanol–water partition coefficient (Wildman–Crippen LogP) is 4.69. The van der Waals surface area contributed by atoms with Crippen LogP contribution in [0.3, 0.4) is 0 Å². The number of amides is 1. The molecule has 0 bridgehead atoms. The van der Waals surface area contributed by atoms with Crippen molar-refractivity contribution in [1.29, 1.82) is 0 Å². The standard InChI is InChI=1S/C21H14F4N4O5/c22-16-7-6-14(10-17(16)29(32)33)27-18(30)11-34-20(31)15-5-2-8-26-19(15)28-13-4-1-3-12(9-13)21(23,24)25/h1-10H,11H2,(H,26,28)(H,27,30). The fourth-order valence-corrected chi connectivity index (χ4v) is 2.72. The summed E-state index contributed by atoms with van der Waals surface area (Å²) in [7, 11) is 0.